The van der Waals surface area contributed by atoms with Crippen molar-refractivity contribution in [1.82, 2.24) is 0 Å². The van der Waals surface area contributed by atoms with Crippen molar-refractivity contribution in [3.63, 3.8) is 0 Å². The SMILES string of the molecule is CC(=O)OCCS(=O)(=O)O.CN.O=c1ccc2ccccc2o1. The number of esters is 1. The first kappa shape index (κ1) is 20.8. The van der Waals surface area contributed by atoms with Crippen molar-refractivity contribution in [3.8, 4) is 0 Å². The largest absolute Gasteiger partial charge is 0.465 e. The lowest BCUT2D eigenvalue weighted by Gasteiger charge is -1.97. The van der Waals surface area contributed by atoms with E-state index in [0.717, 1.165) is 12.3 Å². The molecule has 0 saturated carbocycles. The number of nitrogens with two attached hydrogens (primary N) is 1. The van der Waals surface area contributed by atoms with Gasteiger partial charge in [0, 0.05) is 18.4 Å². The molecule has 0 aliphatic rings. The van der Waals surface area contributed by atoms with Gasteiger partial charge in [-0.3, -0.25) is 9.35 Å². The van der Waals surface area contributed by atoms with E-state index in [0.29, 0.717) is 5.58 Å². The molecule has 0 spiro atoms. The molecule has 0 saturated heterocycles. The van der Waals surface area contributed by atoms with Gasteiger partial charge in [-0.05, 0) is 19.2 Å². The standard InChI is InChI=1S/C9H6O2.C4H8O5S.CH5N/c10-9-6-5-7-3-1-2-4-8(7)11-9;1-4(5)9-2-3-10(6,7)8;1-2/h1-6H;2-3H2,1H3,(H,6,7,8);2H2,1H3. The van der Waals surface area contributed by atoms with Crippen LogP contribution in [-0.4, -0.2) is 38.3 Å². The molecule has 128 valence electrons. The molecule has 23 heavy (non-hydrogen) atoms. The van der Waals surface area contributed by atoms with Crippen molar-refractivity contribution in [1.29, 1.82) is 0 Å². The fourth-order valence-corrected chi connectivity index (χ4v) is 1.60. The summed E-state index contributed by atoms with van der Waals surface area (Å²) in [6.45, 7) is 0.859. The van der Waals surface area contributed by atoms with Crippen LogP contribution in [-0.2, 0) is 19.6 Å². The van der Waals surface area contributed by atoms with Crippen LogP contribution < -0.4 is 11.4 Å². The molecule has 8 nitrogen and oxygen atoms in total. The summed E-state index contributed by atoms with van der Waals surface area (Å²) >= 11 is 0. The Kier molecular flexibility index (Phi) is 9.47. The molecule has 1 aromatic carbocycles. The molecule has 1 aromatic heterocycles. The van der Waals surface area contributed by atoms with Gasteiger partial charge in [0.2, 0.25) is 0 Å². The molecule has 0 radical (unpaired) electrons. The highest BCUT2D eigenvalue weighted by atomic mass is 32.2. The number of hydrogen-bond donors (Lipinski definition) is 2. The third-order valence-electron chi connectivity index (χ3n) is 2.18. The first-order chi connectivity index (χ1) is 10.8. The highest BCUT2D eigenvalue weighted by Crippen LogP contribution is 2.08. The molecule has 2 aromatic rings. The number of rotatable bonds is 3. The van der Waals surface area contributed by atoms with Crippen LogP contribution in [0, 0.1) is 0 Å². The van der Waals surface area contributed by atoms with Gasteiger partial charge in [-0.15, -0.1) is 0 Å². The molecule has 1 heterocycles. The second kappa shape index (κ2) is 10.5. The summed E-state index contributed by atoms with van der Waals surface area (Å²) < 4.78 is 37.2. The summed E-state index contributed by atoms with van der Waals surface area (Å²) in [5.74, 6) is -1.12. The highest BCUT2D eigenvalue weighted by molar-refractivity contribution is 7.85. The van der Waals surface area contributed by atoms with Gasteiger partial charge in [0.05, 0.1) is 0 Å². The Hall–Kier alpha value is -2.23. The van der Waals surface area contributed by atoms with E-state index in [9.17, 15) is 18.0 Å². The van der Waals surface area contributed by atoms with Gasteiger partial charge in [0.25, 0.3) is 10.1 Å². The van der Waals surface area contributed by atoms with Crippen molar-refractivity contribution in [2.24, 2.45) is 5.73 Å². The summed E-state index contributed by atoms with van der Waals surface area (Å²) in [5, 5.41) is 0.951. The zero-order valence-corrected chi connectivity index (χ0v) is 13.6. The molecule has 0 atom stereocenters. The third-order valence-corrected chi connectivity index (χ3v) is 2.86. The van der Waals surface area contributed by atoms with E-state index in [1.165, 1.54) is 13.1 Å². The summed E-state index contributed by atoms with van der Waals surface area (Å²) in [4.78, 5) is 20.7. The number of fused-ring (bicyclic) bond motifs is 1. The Bertz CT molecular complexity index is 768. The number of carbonyl (C=O) groups is 1. The maximum absolute atomic E-state index is 10.7. The van der Waals surface area contributed by atoms with Crippen LogP contribution in [0.1, 0.15) is 6.92 Å². The first-order valence-corrected chi connectivity index (χ1v) is 8.04. The lowest BCUT2D eigenvalue weighted by atomic mass is 10.2. The lowest BCUT2D eigenvalue weighted by molar-refractivity contribution is -0.140. The number of hydrogen-bond acceptors (Lipinski definition) is 7. The van der Waals surface area contributed by atoms with E-state index in [-0.39, 0.29) is 12.2 Å². The van der Waals surface area contributed by atoms with Crippen LogP contribution in [0.4, 0.5) is 0 Å². The molecular formula is C14H19NO7S. The Balaban J connectivity index is 0.000000383. The van der Waals surface area contributed by atoms with Gasteiger partial charge in [-0.1, -0.05) is 18.2 Å². The summed E-state index contributed by atoms with van der Waals surface area (Å²) in [6.07, 6.45) is 0. The van der Waals surface area contributed by atoms with Gasteiger partial charge < -0.3 is 14.9 Å². The zero-order valence-electron chi connectivity index (χ0n) is 12.8. The Labute approximate surface area is 133 Å². The van der Waals surface area contributed by atoms with Crippen molar-refractivity contribution < 1.29 is 26.9 Å². The molecule has 9 heteroatoms. The third kappa shape index (κ3) is 10.2. The lowest BCUT2D eigenvalue weighted by Crippen LogP contribution is -2.12. The monoisotopic (exact) mass is 345 g/mol. The average molecular weight is 345 g/mol. The highest BCUT2D eigenvalue weighted by Gasteiger charge is 2.04. The average Bonchev–Trinajstić information content (AvgIpc) is 2.48. The van der Waals surface area contributed by atoms with Crippen LogP contribution in [0.25, 0.3) is 11.0 Å². The van der Waals surface area contributed by atoms with Gasteiger partial charge >= 0.3 is 11.6 Å². The Morgan fingerprint density at radius 1 is 1.22 bits per heavy atom. The summed E-state index contributed by atoms with van der Waals surface area (Å²) in [6, 6.07) is 10.6. The minimum Gasteiger partial charge on any atom is -0.465 e. The van der Waals surface area contributed by atoms with Gasteiger partial charge in [-0.25, -0.2) is 4.79 Å². The first-order valence-electron chi connectivity index (χ1n) is 6.43. The molecular weight excluding hydrogens is 326 g/mol. The van der Waals surface area contributed by atoms with E-state index in [1.54, 1.807) is 12.1 Å². The van der Waals surface area contributed by atoms with E-state index < -0.39 is 21.8 Å². The fraction of sp³-hybridized carbons (Fsp3) is 0.286. The second-order valence-electron chi connectivity index (χ2n) is 3.92. The van der Waals surface area contributed by atoms with Crippen molar-refractivity contribution in [2.75, 3.05) is 19.4 Å². The molecule has 0 bridgehead atoms. The van der Waals surface area contributed by atoms with Gasteiger partial charge in [0.15, 0.2) is 0 Å². The normalized spacial score (nSPS) is 9.91. The maximum atomic E-state index is 10.7. The fourth-order valence-electron chi connectivity index (χ4n) is 1.30. The quantitative estimate of drug-likeness (QED) is 0.473. The predicted molar refractivity (Wildman–Crippen MR) is 85.6 cm³/mol. The second-order valence-corrected chi connectivity index (χ2v) is 5.49. The van der Waals surface area contributed by atoms with Gasteiger partial charge in [-0.2, -0.15) is 8.42 Å². The van der Waals surface area contributed by atoms with Gasteiger partial charge in [0.1, 0.15) is 17.9 Å². The molecule has 0 aliphatic carbocycles. The van der Waals surface area contributed by atoms with Crippen molar-refractivity contribution in [3.05, 3.63) is 46.8 Å². The Morgan fingerprint density at radius 2 is 1.83 bits per heavy atom. The number of carbonyl (C=O) groups excluding carboxylic acids is 1. The number of benzene rings is 1. The van der Waals surface area contributed by atoms with E-state index in [2.05, 4.69) is 10.5 Å². The zero-order chi connectivity index (χ0) is 17.9. The molecule has 0 unspecified atom stereocenters. The van der Waals surface area contributed by atoms with Crippen molar-refractivity contribution >= 4 is 27.1 Å². The topological polar surface area (TPSA) is 137 Å². The minimum atomic E-state index is -4.00. The number of para-hydroxylation sites is 1. The molecule has 0 fully saturated rings. The summed E-state index contributed by atoms with van der Waals surface area (Å²) in [5.41, 5.74) is 4.84. The van der Waals surface area contributed by atoms with Crippen LogP contribution >= 0.6 is 0 Å². The van der Waals surface area contributed by atoms with E-state index in [1.807, 2.05) is 18.2 Å². The van der Waals surface area contributed by atoms with E-state index >= 15 is 0 Å². The van der Waals surface area contributed by atoms with E-state index in [4.69, 9.17) is 8.97 Å². The van der Waals surface area contributed by atoms with Crippen LogP contribution in [0.15, 0.2) is 45.6 Å². The minimum absolute atomic E-state index is 0.297. The van der Waals surface area contributed by atoms with Crippen LogP contribution in [0.5, 0.6) is 0 Å². The molecule has 3 N–H and O–H groups in total. The smallest absolute Gasteiger partial charge is 0.336 e. The molecule has 0 amide bonds. The Morgan fingerprint density at radius 3 is 2.39 bits per heavy atom. The molecule has 0 aliphatic heterocycles. The molecule has 2 rings (SSSR count). The van der Waals surface area contributed by atoms with Crippen LogP contribution in [0.2, 0.25) is 0 Å². The predicted octanol–water partition coefficient (Wildman–Crippen LogP) is 0.805. The maximum Gasteiger partial charge on any atom is 0.336 e. The number of ether oxygens (including phenoxy) is 1. The van der Waals surface area contributed by atoms with Crippen molar-refractivity contribution in [2.45, 2.75) is 6.92 Å². The summed E-state index contributed by atoms with van der Waals surface area (Å²) in [7, 11) is -2.50. The van der Waals surface area contributed by atoms with Crippen LogP contribution in [0.3, 0.4) is 0 Å².